The molecule has 100 valence electrons. The van der Waals surface area contributed by atoms with Crippen molar-refractivity contribution in [1.29, 1.82) is 0 Å². The second-order valence-electron chi connectivity index (χ2n) is 4.95. The molecule has 1 heterocycles. The Morgan fingerprint density at radius 1 is 1.39 bits per heavy atom. The van der Waals surface area contributed by atoms with Crippen LogP contribution in [0, 0.1) is 12.8 Å². The van der Waals surface area contributed by atoms with Crippen LogP contribution in [0.1, 0.15) is 30.1 Å². The third-order valence-corrected chi connectivity index (χ3v) is 4.02. The molecule has 0 aromatic heterocycles. The van der Waals surface area contributed by atoms with Crippen molar-refractivity contribution in [2.24, 2.45) is 5.92 Å². The van der Waals surface area contributed by atoms with Gasteiger partial charge in [0.1, 0.15) is 0 Å². The number of ether oxygens (including phenoxy) is 2. The summed E-state index contributed by atoms with van der Waals surface area (Å²) in [4.78, 5) is 0. The molecule has 0 radical (unpaired) electrons. The molecule has 1 fully saturated rings. The number of aryl methyl sites for hydroxylation is 1. The van der Waals surface area contributed by atoms with Crippen LogP contribution in [0.2, 0.25) is 0 Å². The van der Waals surface area contributed by atoms with Crippen molar-refractivity contribution in [3.05, 3.63) is 35.4 Å². The van der Waals surface area contributed by atoms with Crippen molar-refractivity contribution in [1.82, 2.24) is 0 Å². The average molecular weight is 313 g/mol. The van der Waals surface area contributed by atoms with Crippen LogP contribution in [0.3, 0.4) is 0 Å². The van der Waals surface area contributed by atoms with E-state index in [1.54, 1.807) is 0 Å². The molecule has 2 nitrogen and oxygen atoms in total. The van der Waals surface area contributed by atoms with Crippen LogP contribution in [0.5, 0.6) is 0 Å². The number of hydrogen-bond acceptors (Lipinski definition) is 2. The Morgan fingerprint density at radius 3 is 2.83 bits per heavy atom. The normalized spacial score (nSPS) is 18.8. The topological polar surface area (TPSA) is 18.5 Å². The summed E-state index contributed by atoms with van der Waals surface area (Å²) >= 11 is 3.55. The Morgan fingerprint density at radius 2 is 2.17 bits per heavy atom. The Hall–Kier alpha value is -0.380. The second kappa shape index (κ2) is 7.27. The van der Waals surface area contributed by atoms with Gasteiger partial charge in [0.05, 0.1) is 12.7 Å². The minimum atomic E-state index is 0.160. The summed E-state index contributed by atoms with van der Waals surface area (Å²) in [5.74, 6) is 0.658. The highest BCUT2D eigenvalue weighted by molar-refractivity contribution is 9.09. The first-order chi connectivity index (χ1) is 8.79. The molecule has 1 aromatic rings. The van der Waals surface area contributed by atoms with E-state index in [4.69, 9.17) is 9.47 Å². The molecular weight excluding hydrogens is 292 g/mol. The van der Waals surface area contributed by atoms with Crippen molar-refractivity contribution < 1.29 is 9.47 Å². The van der Waals surface area contributed by atoms with Crippen LogP contribution < -0.4 is 0 Å². The third-order valence-electron chi connectivity index (χ3n) is 3.43. The lowest BCUT2D eigenvalue weighted by atomic mass is 10.0. The fraction of sp³-hybridized carbons (Fsp3) is 0.600. The van der Waals surface area contributed by atoms with Gasteiger partial charge < -0.3 is 9.47 Å². The Labute approximate surface area is 118 Å². The lowest BCUT2D eigenvalue weighted by molar-refractivity contribution is -0.00375. The lowest BCUT2D eigenvalue weighted by Gasteiger charge is -2.24. The molecule has 0 amide bonds. The molecule has 0 N–H and O–H groups in total. The quantitative estimate of drug-likeness (QED) is 0.768. The SMILES string of the molecule is Cc1cccc(C(CBr)OCC2CCOCC2)c1. The molecule has 0 bridgehead atoms. The molecule has 0 spiro atoms. The maximum Gasteiger partial charge on any atom is 0.0921 e. The lowest BCUT2D eigenvalue weighted by Crippen LogP contribution is -2.21. The molecule has 1 unspecified atom stereocenters. The highest BCUT2D eigenvalue weighted by atomic mass is 79.9. The predicted octanol–water partition coefficient (Wildman–Crippen LogP) is 3.87. The van der Waals surface area contributed by atoms with Crippen LogP contribution in [0.4, 0.5) is 0 Å². The highest BCUT2D eigenvalue weighted by Crippen LogP contribution is 2.24. The van der Waals surface area contributed by atoms with E-state index in [2.05, 4.69) is 47.1 Å². The predicted molar refractivity (Wildman–Crippen MR) is 77.2 cm³/mol. The van der Waals surface area contributed by atoms with E-state index in [1.165, 1.54) is 11.1 Å². The van der Waals surface area contributed by atoms with Crippen LogP contribution in [0.15, 0.2) is 24.3 Å². The van der Waals surface area contributed by atoms with Gasteiger partial charge in [0.2, 0.25) is 0 Å². The van der Waals surface area contributed by atoms with Crippen molar-refractivity contribution in [3.8, 4) is 0 Å². The summed E-state index contributed by atoms with van der Waals surface area (Å²) in [6.45, 7) is 4.73. The van der Waals surface area contributed by atoms with Gasteiger partial charge in [-0.1, -0.05) is 45.8 Å². The van der Waals surface area contributed by atoms with Gasteiger partial charge in [0.15, 0.2) is 0 Å². The number of alkyl halides is 1. The van der Waals surface area contributed by atoms with Gasteiger partial charge in [-0.15, -0.1) is 0 Å². The summed E-state index contributed by atoms with van der Waals surface area (Å²) < 4.78 is 11.4. The van der Waals surface area contributed by atoms with Crippen molar-refractivity contribution in [2.45, 2.75) is 25.9 Å². The van der Waals surface area contributed by atoms with Crippen LogP contribution in [-0.4, -0.2) is 25.2 Å². The Balaban J connectivity index is 1.88. The summed E-state index contributed by atoms with van der Waals surface area (Å²) in [5.41, 5.74) is 2.55. The minimum absolute atomic E-state index is 0.160. The smallest absolute Gasteiger partial charge is 0.0921 e. The molecule has 0 saturated carbocycles. The van der Waals surface area contributed by atoms with E-state index < -0.39 is 0 Å². The molecule has 0 aliphatic carbocycles. The maximum absolute atomic E-state index is 6.07. The number of rotatable bonds is 5. The largest absolute Gasteiger partial charge is 0.381 e. The molecule has 2 rings (SSSR count). The molecule has 1 aliphatic heterocycles. The van der Waals surface area contributed by atoms with E-state index in [0.717, 1.165) is 38.0 Å². The molecule has 3 heteroatoms. The molecule has 18 heavy (non-hydrogen) atoms. The zero-order chi connectivity index (χ0) is 12.8. The Bertz CT molecular complexity index is 361. The summed E-state index contributed by atoms with van der Waals surface area (Å²) in [7, 11) is 0. The molecule has 1 saturated heterocycles. The minimum Gasteiger partial charge on any atom is -0.381 e. The zero-order valence-corrected chi connectivity index (χ0v) is 12.5. The number of halogens is 1. The van der Waals surface area contributed by atoms with Gasteiger partial charge >= 0.3 is 0 Å². The summed E-state index contributed by atoms with van der Waals surface area (Å²) in [6, 6.07) is 8.56. The van der Waals surface area contributed by atoms with Gasteiger partial charge in [-0.05, 0) is 31.2 Å². The van der Waals surface area contributed by atoms with Crippen LogP contribution >= 0.6 is 15.9 Å². The van der Waals surface area contributed by atoms with Gasteiger partial charge in [0, 0.05) is 18.5 Å². The maximum atomic E-state index is 6.07. The monoisotopic (exact) mass is 312 g/mol. The third kappa shape index (κ3) is 4.08. The van der Waals surface area contributed by atoms with Crippen molar-refractivity contribution in [3.63, 3.8) is 0 Å². The Kier molecular flexibility index (Phi) is 5.67. The fourth-order valence-electron chi connectivity index (χ4n) is 2.27. The number of hydrogen-bond donors (Lipinski definition) is 0. The van der Waals surface area contributed by atoms with E-state index in [0.29, 0.717) is 5.92 Å². The van der Waals surface area contributed by atoms with Gasteiger partial charge in [-0.2, -0.15) is 0 Å². The molecular formula is C15H21BrO2. The van der Waals surface area contributed by atoms with Gasteiger partial charge in [0.25, 0.3) is 0 Å². The highest BCUT2D eigenvalue weighted by Gasteiger charge is 2.17. The van der Waals surface area contributed by atoms with E-state index in [9.17, 15) is 0 Å². The van der Waals surface area contributed by atoms with Crippen molar-refractivity contribution in [2.75, 3.05) is 25.2 Å². The second-order valence-corrected chi connectivity index (χ2v) is 5.59. The fourth-order valence-corrected chi connectivity index (χ4v) is 2.83. The molecule has 1 aliphatic rings. The van der Waals surface area contributed by atoms with Gasteiger partial charge in [-0.3, -0.25) is 0 Å². The zero-order valence-electron chi connectivity index (χ0n) is 10.9. The van der Waals surface area contributed by atoms with Gasteiger partial charge in [-0.25, -0.2) is 0 Å². The van der Waals surface area contributed by atoms with E-state index in [1.807, 2.05) is 0 Å². The molecule has 1 atom stereocenters. The standard InChI is InChI=1S/C15H21BrO2/c1-12-3-2-4-14(9-12)15(10-16)18-11-13-5-7-17-8-6-13/h2-4,9,13,15H,5-8,10-11H2,1H3. The first-order valence-electron chi connectivity index (χ1n) is 6.61. The first kappa shape index (κ1) is 14.0. The molecule has 1 aromatic carbocycles. The van der Waals surface area contributed by atoms with Crippen LogP contribution in [-0.2, 0) is 9.47 Å². The summed E-state index contributed by atoms with van der Waals surface area (Å²) in [6.07, 6.45) is 2.42. The van der Waals surface area contributed by atoms with Crippen molar-refractivity contribution >= 4 is 15.9 Å². The average Bonchev–Trinajstić information content (AvgIpc) is 2.41. The summed E-state index contributed by atoms with van der Waals surface area (Å²) in [5, 5.41) is 0.847. The first-order valence-corrected chi connectivity index (χ1v) is 7.73. The van der Waals surface area contributed by atoms with E-state index in [-0.39, 0.29) is 6.10 Å². The van der Waals surface area contributed by atoms with E-state index >= 15 is 0 Å². The number of benzene rings is 1. The van der Waals surface area contributed by atoms with Crippen LogP contribution in [0.25, 0.3) is 0 Å².